The van der Waals surface area contributed by atoms with Crippen molar-refractivity contribution in [3.8, 4) is 0 Å². The van der Waals surface area contributed by atoms with Gasteiger partial charge in [-0.05, 0) is 49.4 Å². The standard InChI is InChI=1S/C19H27N3O2S/c1-12(2)17-18(25-15-10-13(3)9-14(4)11-15)22(5)16(21-17)7-6-8-24-19(20)23/h9-12H,6-8H2,1-5H3,(H2,20,23). The highest BCUT2D eigenvalue weighted by atomic mass is 32.2. The van der Waals surface area contributed by atoms with Crippen molar-refractivity contribution in [3.63, 3.8) is 0 Å². The Kier molecular flexibility index (Phi) is 6.53. The fourth-order valence-corrected chi connectivity index (χ4v) is 4.12. The van der Waals surface area contributed by atoms with E-state index in [2.05, 4.69) is 50.5 Å². The minimum Gasteiger partial charge on any atom is -0.450 e. The van der Waals surface area contributed by atoms with Gasteiger partial charge in [-0.2, -0.15) is 0 Å². The maximum absolute atomic E-state index is 10.7. The van der Waals surface area contributed by atoms with Crippen LogP contribution in [0.1, 0.15) is 48.8 Å². The average Bonchev–Trinajstić information content (AvgIpc) is 2.80. The first-order valence-corrected chi connectivity index (χ1v) is 9.33. The summed E-state index contributed by atoms with van der Waals surface area (Å²) in [6.45, 7) is 8.88. The summed E-state index contributed by atoms with van der Waals surface area (Å²) in [5.41, 5.74) is 8.63. The van der Waals surface area contributed by atoms with Crippen LogP contribution in [0.15, 0.2) is 28.1 Å². The largest absolute Gasteiger partial charge is 0.450 e. The number of ether oxygens (including phenoxy) is 1. The third kappa shape index (κ3) is 5.26. The highest BCUT2D eigenvalue weighted by molar-refractivity contribution is 7.99. The molecule has 25 heavy (non-hydrogen) atoms. The topological polar surface area (TPSA) is 70.1 Å². The summed E-state index contributed by atoms with van der Waals surface area (Å²) in [4.78, 5) is 16.7. The van der Waals surface area contributed by atoms with Crippen LogP contribution in [0, 0.1) is 13.8 Å². The summed E-state index contributed by atoms with van der Waals surface area (Å²) in [5, 5.41) is 1.17. The predicted octanol–water partition coefficient (Wildman–Crippen LogP) is 4.34. The van der Waals surface area contributed by atoms with Crippen molar-refractivity contribution in [3.05, 3.63) is 40.8 Å². The summed E-state index contributed by atoms with van der Waals surface area (Å²) in [6, 6.07) is 6.59. The molecule has 0 atom stereocenters. The number of rotatable bonds is 7. The lowest BCUT2D eigenvalue weighted by molar-refractivity contribution is 0.155. The van der Waals surface area contributed by atoms with Crippen molar-refractivity contribution in [2.45, 2.75) is 56.4 Å². The van der Waals surface area contributed by atoms with Gasteiger partial charge in [0.25, 0.3) is 0 Å². The number of amides is 1. The highest BCUT2D eigenvalue weighted by Gasteiger charge is 2.18. The lowest BCUT2D eigenvalue weighted by Gasteiger charge is -2.10. The molecule has 1 amide bonds. The van der Waals surface area contributed by atoms with Gasteiger partial charge in [0.05, 0.1) is 12.3 Å². The molecule has 136 valence electrons. The molecule has 0 unspecified atom stereocenters. The Hall–Kier alpha value is -1.95. The monoisotopic (exact) mass is 361 g/mol. The number of aryl methyl sites for hydroxylation is 3. The molecule has 6 heteroatoms. The van der Waals surface area contributed by atoms with Crippen molar-refractivity contribution in [2.24, 2.45) is 12.8 Å². The SMILES string of the molecule is Cc1cc(C)cc(Sc2c(C(C)C)nc(CCCOC(N)=O)n2C)c1. The van der Waals surface area contributed by atoms with E-state index in [-0.39, 0.29) is 0 Å². The Morgan fingerprint density at radius 2 is 1.92 bits per heavy atom. The van der Waals surface area contributed by atoms with E-state index in [1.54, 1.807) is 11.8 Å². The molecule has 1 heterocycles. The average molecular weight is 362 g/mol. The number of carbonyl (C=O) groups excluding carboxylic acids is 1. The maximum Gasteiger partial charge on any atom is 0.404 e. The molecule has 1 aromatic heterocycles. The van der Waals surface area contributed by atoms with Gasteiger partial charge >= 0.3 is 6.09 Å². The van der Waals surface area contributed by atoms with E-state index in [0.29, 0.717) is 18.9 Å². The number of hydrogen-bond acceptors (Lipinski definition) is 4. The van der Waals surface area contributed by atoms with Gasteiger partial charge in [0.1, 0.15) is 10.9 Å². The van der Waals surface area contributed by atoms with Crippen molar-refractivity contribution in [1.82, 2.24) is 9.55 Å². The molecule has 2 aromatic rings. The molecular weight excluding hydrogens is 334 g/mol. The van der Waals surface area contributed by atoms with Crippen LogP contribution in [0.2, 0.25) is 0 Å². The highest BCUT2D eigenvalue weighted by Crippen LogP contribution is 2.35. The lowest BCUT2D eigenvalue weighted by atomic mass is 10.1. The Balaban J connectivity index is 2.22. The van der Waals surface area contributed by atoms with Crippen molar-refractivity contribution >= 4 is 17.9 Å². The number of aromatic nitrogens is 2. The summed E-state index contributed by atoms with van der Waals surface area (Å²) in [6.07, 6.45) is 0.726. The van der Waals surface area contributed by atoms with Crippen LogP contribution in [0.4, 0.5) is 4.79 Å². The second-order valence-corrected chi connectivity index (χ2v) is 7.69. The molecule has 2 N–H and O–H groups in total. The van der Waals surface area contributed by atoms with Gasteiger partial charge < -0.3 is 15.0 Å². The van der Waals surface area contributed by atoms with E-state index >= 15 is 0 Å². The first-order valence-electron chi connectivity index (χ1n) is 8.51. The molecule has 2 rings (SSSR count). The Morgan fingerprint density at radius 1 is 1.28 bits per heavy atom. The fourth-order valence-electron chi connectivity index (χ4n) is 2.78. The Morgan fingerprint density at radius 3 is 2.48 bits per heavy atom. The summed E-state index contributed by atoms with van der Waals surface area (Å²) in [7, 11) is 2.05. The number of primary amides is 1. The molecular formula is C19H27N3O2S. The predicted molar refractivity (Wildman–Crippen MR) is 101 cm³/mol. The van der Waals surface area contributed by atoms with Gasteiger partial charge in [-0.25, -0.2) is 9.78 Å². The van der Waals surface area contributed by atoms with Gasteiger partial charge in [0, 0.05) is 18.4 Å². The number of hydrogen-bond donors (Lipinski definition) is 1. The third-order valence-corrected chi connectivity index (χ3v) is 5.05. The van der Waals surface area contributed by atoms with Crippen LogP contribution >= 0.6 is 11.8 Å². The van der Waals surface area contributed by atoms with Gasteiger partial charge in [0.2, 0.25) is 0 Å². The smallest absolute Gasteiger partial charge is 0.404 e. The van der Waals surface area contributed by atoms with Crippen LogP contribution in [0.25, 0.3) is 0 Å². The van der Waals surface area contributed by atoms with E-state index in [1.165, 1.54) is 21.0 Å². The molecule has 0 aliphatic carbocycles. The number of nitrogens with two attached hydrogens (primary N) is 1. The minimum absolute atomic E-state index is 0.318. The molecule has 0 aliphatic heterocycles. The molecule has 0 bridgehead atoms. The molecule has 0 saturated heterocycles. The van der Waals surface area contributed by atoms with Gasteiger partial charge in [0.15, 0.2) is 0 Å². The van der Waals surface area contributed by atoms with Gasteiger partial charge in [-0.15, -0.1) is 0 Å². The molecule has 0 spiro atoms. The van der Waals surface area contributed by atoms with Gasteiger partial charge in [-0.1, -0.05) is 31.7 Å². The summed E-state index contributed by atoms with van der Waals surface area (Å²) in [5.74, 6) is 1.35. The lowest BCUT2D eigenvalue weighted by Crippen LogP contribution is -2.14. The molecule has 0 saturated carbocycles. The number of nitrogens with zero attached hydrogens (tertiary/aromatic N) is 2. The second-order valence-electron chi connectivity index (χ2n) is 6.63. The van der Waals surface area contributed by atoms with E-state index < -0.39 is 6.09 Å². The van der Waals surface area contributed by atoms with Crippen molar-refractivity contribution < 1.29 is 9.53 Å². The van der Waals surface area contributed by atoms with Crippen LogP contribution in [-0.4, -0.2) is 22.3 Å². The zero-order chi connectivity index (χ0) is 18.6. The summed E-state index contributed by atoms with van der Waals surface area (Å²) >= 11 is 1.76. The molecule has 0 aliphatic rings. The van der Waals surface area contributed by atoms with E-state index in [9.17, 15) is 4.79 Å². The van der Waals surface area contributed by atoms with Crippen LogP contribution in [-0.2, 0) is 18.2 Å². The zero-order valence-corrected chi connectivity index (χ0v) is 16.4. The fraction of sp³-hybridized carbons (Fsp3) is 0.474. The summed E-state index contributed by atoms with van der Waals surface area (Å²) < 4.78 is 6.96. The third-order valence-electron chi connectivity index (χ3n) is 3.91. The van der Waals surface area contributed by atoms with E-state index in [4.69, 9.17) is 15.5 Å². The Labute approximate surface area is 154 Å². The van der Waals surface area contributed by atoms with Crippen molar-refractivity contribution in [2.75, 3.05) is 6.61 Å². The molecule has 1 aromatic carbocycles. The second kappa shape index (κ2) is 8.43. The number of benzene rings is 1. The normalized spacial score (nSPS) is 11.1. The van der Waals surface area contributed by atoms with E-state index in [1.807, 2.05) is 7.05 Å². The maximum atomic E-state index is 10.7. The minimum atomic E-state index is -0.728. The molecule has 5 nitrogen and oxygen atoms in total. The molecule has 0 fully saturated rings. The van der Waals surface area contributed by atoms with E-state index in [0.717, 1.165) is 17.9 Å². The van der Waals surface area contributed by atoms with Crippen LogP contribution < -0.4 is 5.73 Å². The first-order chi connectivity index (χ1) is 11.8. The first kappa shape index (κ1) is 19.4. The molecule has 0 radical (unpaired) electrons. The number of carbonyl (C=O) groups is 1. The quantitative estimate of drug-likeness (QED) is 0.745. The Bertz CT molecular complexity index is 733. The van der Waals surface area contributed by atoms with Gasteiger partial charge in [-0.3, -0.25) is 0 Å². The van der Waals surface area contributed by atoms with Crippen LogP contribution in [0.5, 0.6) is 0 Å². The zero-order valence-electron chi connectivity index (χ0n) is 15.6. The van der Waals surface area contributed by atoms with Crippen molar-refractivity contribution in [1.29, 1.82) is 0 Å². The number of imidazole rings is 1. The van der Waals surface area contributed by atoms with Crippen LogP contribution in [0.3, 0.4) is 0 Å².